The first kappa shape index (κ1) is 14.0. The molecular formula is C13H24N2O2S. The predicted octanol–water partition coefficient (Wildman–Crippen LogP) is 1.95. The molecule has 3 unspecified atom stereocenters. The molecule has 1 N–H and O–H groups in total. The minimum Gasteiger partial charge on any atom is -0.444 e. The Kier molecular flexibility index (Phi) is 4.11. The van der Waals surface area contributed by atoms with E-state index in [4.69, 9.17) is 4.74 Å². The molecule has 18 heavy (non-hydrogen) atoms. The maximum atomic E-state index is 12.2. The first-order chi connectivity index (χ1) is 8.42. The van der Waals surface area contributed by atoms with Gasteiger partial charge in [-0.15, -0.1) is 0 Å². The molecule has 2 heterocycles. The standard InChI is InChI=1S/C13H24N2O2S/c1-13(2,3)17-12(16)15-7-10(14-4)9-8-18-6-5-11(9)15/h9-11,14H,5-8H2,1-4H3. The molecule has 3 atom stereocenters. The number of ether oxygens (including phenoxy) is 1. The Bertz CT molecular complexity index is 317. The quantitative estimate of drug-likeness (QED) is 0.792. The van der Waals surface area contributed by atoms with Crippen molar-refractivity contribution in [2.75, 3.05) is 25.1 Å². The van der Waals surface area contributed by atoms with Gasteiger partial charge in [0.15, 0.2) is 0 Å². The molecule has 0 spiro atoms. The molecule has 0 saturated carbocycles. The Morgan fingerprint density at radius 1 is 1.44 bits per heavy atom. The van der Waals surface area contributed by atoms with Crippen molar-refractivity contribution in [2.45, 2.75) is 44.9 Å². The highest BCUT2D eigenvalue weighted by molar-refractivity contribution is 7.99. The lowest BCUT2D eigenvalue weighted by molar-refractivity contribution is 0.0206. The molecule has 0 bridgehead atoms. The van der Waals surface area contributed by atoms with Gasteiger partial charge in [0.1, 0.15) is 5.60 Å². The number of hydrogen-bond acceptors (Lipinski definition) is 4. The lowest BCUT2D eigenvalue weighted by Gasteiger charge is -2.33. The second-order valence-corrected chi connectivity index (χ2v) is 7.27. The number of fused-ring (bicyclic) bond motifs is 1. The number of hydrogen-bond donors (Lipinski definition) is 1. The monoisotopic (exact) mass is 272 g/mol. The van der Waals surface area contributed by atoms with Gasteiger partial charge in [-0.3, -0.25) is 0 Å². The van der Waals surface area contributed by atoms with Crippen molar-refractivity contribution in [3.8, 4) is 0 Å². The topological polar surface area (TPSA) is 41.6 Å². The van der Waals surface area contributed by atoms with Crippen LogP contribution in [0.1, 0.15) is 27.2 Å². The number of likely N-dealkylation sites (N-methyl/N-ethyl adjacent to an activating group) is 1. The Morgan fingerprint density at radius 3 is 2.78 bits per heavy atom. The maximum absolute atomic E-state index is 12.2. The van der Waals surface area contributed by atoms with Crippen molar-refractivity contribution in [3.05, 3.63) is 0 Å². The van der Waals surface area contributed by atoms with E-state index in [-0.39, 0.29) is 6.09 Å². The summed E-state index contributed by atoms with van der Waals surface area (Å²) in [6.45, 7) is 6.54. The number of likely N-dealkylation sites (tertiary alicyclic amines) is 1. The zero-order valence-electron chi connectivity index (χ0n) is 11.7. The van der Waals surface area contributed by atoms with Crippen LogP contribution < -0.4 is 5.32 Å². The van der Waals surface area contributed by atoms with Gasteiger partial charge in [0.25, 0.3) is 0 Å². The summed E-state index contributed by atoms with van der Waals surface area (Å²) in [5.74, 6) is 2.87. The number of carbonyl (C=O) groups excluding carboxylic acids is 1. The third kappa shape index (κ3) is 2.94. The van der Waals surface area contributed by atoms with Crippen molar-refractivity contribution in [3.63, 3.8) is 0 Å². The van der Waals surface area contributed by atoms with Crippen LogP contribution in [-0.2, 0) is 4.74 Å². The van der Waals surface area contributed by atoms with E-state index in [9.17, 15) is 4.79 Å². The molecule has 2 rings (SSSR count). The zero-order valence-corrected chi connectivity index (χ0v) is 12.5. The normalized spacial score (nSPS) is 32.2. The minimum atomic E-state index is -0.409. The van der Waals surface area contributed by atoms with Crippen molar-refractivity contribution in [1.82, 2.24) is 10.2 Å². The van der Waals surface area contributed by atoms with Gasteiger partial charge < -0.3 is 15.0 Å². The molecule has 5 heteroatoms. The van der Waals surface area contributed by atoms with Crippen LogP contribution in [0.25, 0.3) is 0 Å². The van der Waals surface area contributed by atoms with Gasteiger partial charge in [-0.05, 0) is 45.7 Å². The van der Waals surface area contributed by atoms with E-state index < -0.39 is 5.60 Å². The smallest absolute Gasteiger partial charge is 0.410 e. The highest BCUT2D eigenvalue weighted by Crippen LogP contribution is 2.35. The molecule has 0 radical (unpaired) electrons. The average molecular weight is 272 g/mol. The summed E-state index contributed by atoms with van der Waals surface area (Å²) in [6, 6.07) is 0.772. The SMILES string of the molecule is CNC1CN(C(=O)OC(C)(C)C)C2CCSCC12. The van der Waals surface area contributed by atoms with E-state index >= 15 is 0 Å². The summed E-state index contributed by atoms with van der Waals surface area (Å²) >= 11 is 2.00. The Balaban J connectivity index is 2.06. The third-order valence-electron chi connectivity index (χ3n) is 3.67. The van der Waals surface area contributed by atoms with Gasteiger partial charge in [0.2, 0.25) is 0 Å². The van der Waals surface area contributed by atoms with E-state index in [1.807, 2.05) is 44.5 Å². The van der Waals surface area contributed by atoms with Crippen LogP contribution in [-0.4, -0.2) is 53.8 Å². The number of carbonyl (C=O) groups is 1. The van der Waals surface area contributed by atoms with Gasteiger partial charge >= 0.3 is 6.09 Å². The van der Waals surface area contributed by atoms with Crippen LogP contribution in [0.2, 0.25) is 0 Å². The number of rotatable bonds is 1. The number of thioether (sulfide) groups is 1. The fourth-order valence-electron chi connectivity index (χ4n) is 2.84. The number of nitrogens with zero attached hydrogens (tertiary/aromatic N) is 1. The molecule has 104 valence electrons. The molecule has 2 aliphatic heterocycles. The second-order valence-electron chi connectivity index (χ2n) is 6.12. The van der Waals surface area contributed by atoms with Gasteiger partial charge in [0.05, 0.1) is 0 Å². The van der Waals surface area contributed by atoms with Crippen LogP contribution >= 0.6 is 11.8 Å². The van der Waals surface area contributed by atoms with Crippen LogP contribution in [0.5, 0.6) is 0 Å². The molecule has 2 saturated heterocycles. The molecule has 0 aromatic carbocycles. The van der Waals surface area contributed by atoms with E-state index in [0.29, 0.717) is 18.0 Å². The third-order valence-corrected chi connectivity index (χ3v) is 4.82. The van der Waals surface area contributed by atoms with Crippen molar-refractivity contribution >= 4 is 17.9 Å². The van der Waals surface area contributed by atoms with E-state index in [1.165, 1.54) is 0 Å². The second kappa shape index (κ2) is 5.29. The van der Waals surface area contributed by atoms with Gasteiger partial charge in [0, 0.05) is 24.5 Å². The Morgan fingerprint density at radius 2 is 2.17 bits per heavy atom. The molecule has 2 aliphatic rings. The summed E-state index contributed by atoms with van der Waals surface area (Å²) < 4.78 is 5.52. The van der Waals surface area contributed by atoms with Crippen molar-refractivity contribution in [1.29, 1.82) is 0 Å². The predicted molar refractivity (Wildman–Crippen MR) is 75.0 cm³/mol. The van der Waals surface area contributed by atoms with Gasteiger partial charge in [-0.25, -0.2) is 4.79 Å². The summed E-state index contributed by atoms with van der Waals surface area (Å²) in [5, 5.41) is 3.35. The lowest BCUT2D eigenvalue weighted by Crippen LogP contribution is -2.43. The average Bonchev–Trinajstić information content (AvgIpc) is 2.65. The zero-order chi connectivity index (χ0) is 13.3. The lowest BCUT2D eigenvalue weighted by atomic mass is 9.96. The fraction of sp³-hybridized carbons (Fsp3) is 0.923. The molecule has 0 aliphatic carbocycles. The minimum absolute atomic E-state index is 0.151. The first-order valence-corrected chi connectivity index (χ1v) is 7.82. The first-order valence-electron chi connectivity index (χ1n) is 6.67. The van der Waals surface area contributed by atoms with Crippen LogP contribution in [0.3, 0.4) is 0 Å². The summed E-state index contributed by atoms with van der Waals surface area (Å²) in [4.78, 5) is 14.2. The summed E-state index contributed by atoms with van der Waals surface area (Å²) in [5.41, 5.74) is -0.409. The van der Waals surface area contributed by atoms with Crippen molar-refractivity contribution < 1.29 is 9.53 Å². The summed E-state index contributed by atoms with van der Waals surface area (Å²) in [6.07, 6.45) is 0.939. The van der Waals surface area contributed by atoms with E-state index in [0.717, 1.165) is 24.5 Å². The number of nitrogens with one attached hydrogen (secondary N) is 1. The van der Waals surface area contributed by atoms with Gasteiger partial charge in [-0.2, -0.15) is 11.8 Å². The molecule has 0 aromatic rings. The van der Waals surface area contributed by atoms with E-state index in [2.05, 4.69) is 5.32 Å². The van der Waals surface area contributed by atoms with Crippen LogP contribution in [0, 0.1) is 5.92 Å². The highest BCUT2D eigenvalue weighted by atomic mass is 32.2. The van der Waals surface area contributed by atoms with E-state index in [1.54, 1.807) is 0 Å². The highest BCUT2D eigenvalue weighted by Gasteiger charge is 2.45. The number of amides is 1. The molecule has 4 nitrogen and oxygen atoms in total. The van der Waals surface area contributed by atoms with Crippen molar-refractivity contribution in [2.24, 2.45) is 5.92 Å². The molecule has 2 fully saturated rings. The maximum Gasteiger partial charge on any atom is 0.410 e. The summed E-state index contributed by atoms with van der Waals surface area (Å²) in [7, 11) is 1.99. The Labute approximate surface area is 114 Å². The molecule has 0 aromatic heterocycles. The largest absolute Gasteiger partial charge is 0.444 e. The Hall–Kier alpha value is -0.420. The molecular weight excluding hydrogens is 248 g/mol. The molecule has 1 amide bonds. The fourth-order valence-corrected chi connectivity index (χ4v) is 4.14. The van der Waals surface area contributed by atoms with Gasteiger partial charge in [-0.1, -0.05) is 0 Å². The van der Waals surface area contributed by atoms with Crippen LogP contribution in [0.4, 0.5) is 4.79 Å². The van der Waals surface area contributed by atoms with Crippen LogP contribution in [0.15, 0.2) is 0 Å².